The second-order valence-corrected chi connectivity index (χ2v) is 4.92. The Morgan fingerprint density at radius 2 is 1.86 bits per heavy atom. The van der Waals surface area contributed by atoms with Crippen molar-refractivity contribution in [3.8, 4) is 5.75 Å². The van der Waals surface area contributed by atoms with E-state index < -0.39 is 0 Å². The van der Waals surface area contributed by atoms with Crippen LogP contribution in [0.15, 0.2) is 54.6 Å². The maximum absolute atomic E-state index is 9.64. The van der Waals surface area contributed by atoms with E-state index in [1.165, 1.54) is 0 Å². The summed E-state index contributed by atoms with van der Waals surface area (Å²) in [6.07, 6.45) is 3.81. The van der Waals surface area contributed by atoms with Gasteiger partial charge in [-0.3, -0.25) is 5.26 Å². The minimum Gasteiger partial charge on any atom is -0.508 e. The van der Waals surface area contributed by atoms with E-state index in [0.717, 1.165) is 22.2 Å². The zero-order valence-corrected chi connectivity index (χ0v) is 11.8. The lowest BCUT2D eigenvalue weighted by Crippen LogP contribution is -1.89. The number of aromatic nitrogens is 1. The Labute approximate surface area is 127 Å². The molecule has 4 heteroatoms. The molecule has 2 N–H and O–H groups in total. The van der Waals surface area contributed by atoms with Gasteiger partial charge < -0.3 is 5.11 Å². The van der Waals surface area contributed by atoms with Crippen molar-refractivity contribution in [2.24, 2.45) is 0 Å². The summed E-state index contributed by atoms with van der Waals surface area (Å²) in [5.41, 5.74) is 3.22. The van der Waals surface area contributed by atoms with Crippen LogP contribution >= 0.6 is 0 Å². The summed E-state index contributed by atoms with van der Waals surface area (Å²) >= 11 is 0. The highest BCUT2D eigenvalue weighted by Crippen LogP contribution is 2.21. The summed E-state index contributed by atoms with van der Waals surface area (Å²) in [6.45, 7) is -0.0538. The van der Waals surface area contributed by atoms with Gasteiger partial charge >= 0.3 is 0 Å². The average molecular weight is 293 g/mol. The van der Waals surface area contributed by atoms with Crippen molar-refractivity contribution in [3.63, 3.8) is 0 Å². The topological polar surface area (TPSA) is 62.6 Å². The van der Waals surface area contributed by atoms with E-state index >= 15 is 0 Å². The molecule has 1 heterocycles. The first-order chi connectivity index (χ1) is 10.8. The second-order valence-electron chi connectivity index (χ2n) is 4.92. The predicted octanol–water partition coefficient (Wildman–Crippen LogP) is 4.10. The molecule has 0 radical (unpaired) electrons. The van der Waals surface area contributed by atoms with Gasteiger partial charge in [-0.1, -0.05) is 36.4 Å². The van der Waals surface area contributed by atoms with E-state index in [2.05, 4.69) is 9.87 Å². The molecule has 0 saturated carbocycles. The molecule has 4 nitrogen and oxygen atoms in total. The Morgan fingerprint density at radius 3 is 2.73 bits per heavy atom. The number of nitrogens with zero attached hydrogens (tertiary/aromatic N) is 1. The molecule has 0 fully saturated rings. The number of pyridine rings is 1. The van der Waals surface area contributed by atoms with Gasteiger partial charge in [0.2, 0.25) is 0 Å². The van der Waals surface area contributed by atoms with Gasteiger partial charge in [-0.25, -0.2) is 9.87 Å². The minimum absolute atomic E-state index is 0.0538. The largest absolute Gasteiger partial charge is 0.508 e. The Balaban J connectivity index is 1.87. The van der Waals surface area contributed by atoms with Crippen LogP contribution in [0.3, 0.4) is 0 Å². The monoisotopic (exact) mass is 293 g/mol. The fraction of sp³-hybridized carbons (Fsp3) is 0.0556. The smallest absolute Gasteiger partial charge is 0.121 e. The van der Waals surface area contributed by atoms with Crippen LogP contribution in [0.5, 0.6) is 5.75 Å². The lowest BCUT2D eigenvalue weighted by atomic mass is 10.1. The summed E-state index contributed by atoms with van der Waals surface area (Å²) in [6, 6.07) is 17.0. The summed E-state index contributed by atoms with van der Waals surface area (Å²) in [5.74, 6) is 0.0926. The summed E-state index contributed by atoms with van der Waals surface area (Å²) in [5, 5.41) is 19.2. The molecule has 0 spiro atoms. The number of phenols is 1. The molecule has 0 aliphatic carbocycles. The molecular weight excluding hydrogens is 278 g/mol. The van der Waals surface area contributed by atoms with E-state index in [4.69, 9.17) is 5.26 Å². The van der Waals surface area contributed by atoms with Crippen molar-refractivity contribution < 1.29 is 15.3 Å². The average Bonchev–Trinajstić information content (AvgIpc) is 2.55. The lowest BCUT2D eigenvalue weighted by molar-refractivity contribution is -0.253. The molecule has 2 aromatic carbocycles. The predicted molar refractivity (Wildman–Crippen MR) is 86.2 cm³/mol. The van der Waals surface area contributed by atoms with Crippen molar-refractivity contribution in [2.45, 2.75) is 6.61 Å². The molecule has 3 rings (SSSR count). The molecule has 0 saturated heterocycles. The van der Waals surface area contributed by atoms with E-state index in [9.17, 15) is 5.11 Å². The molecule has 0 aliphatic heterocycles. The fourth-order valence-corrected chi connectivity index (χ4v) is 2.25. The van der Waals surface area contributed by atoms with Crippen LogP contribution in [0, 0.1) is 0 Å². The van der Waals surface area contributed by atoms with Gasteiger partial charge in [-0.15, -0.1) is 0 Å². The van der Waals surface area contributed by atoms with Crippen LogP contribution in [0.2, 0.25) is 0 Å². The highest BCUT2D eigenvalue weighted by molar-refractivity contribution is 5.80. The third-order valence-corrected chi connectivity index (χ3v) is 3.39. The molecule has 22 heavy (non-hydrogen) atoms. The third-order valence-electron chi connectivity index (χ3n) is 3.39. The summed E-state index contributed by atoms with van der Waals surface area (Å²) in [4.78, 5) is 8.64. The van der Waals surface area contributed by atoms with Crippen LogP contribution in [0.4, 0.5) is 0 Å². The zero-order chi connectivity index (χ0) is 15.4. The number of benzene rings is 2. The van der Waals surface area contributed by atoms with Gasteiger partial charge in [0.05, 0.1) is 11.2 Å². The Morgan fingerprint density at radius 1 is 1.00 bits per heavy atom. The van der Waals surface area contributed by atoms with Crippen molar-refractivity contribution in [3.05, 3.63) is 71.4 Å². The van der Waals surface area contributed by atoms with Crippen LogP contribution in [-0.4, -0.2) is 15.3 Å². The molecule has 0 aliphatic rings. The van der Waals surface area contributed by atoms with E-state index in [1.807, 2.05) is 48.6 Å². The molecule has 0 amide bonds. The first-order valence-electron chi connectivity index (χ1n) is 6.88. The number of para-hydroxylation sites is 1. The SMILES string of the molecule is OOCc1cc(/C=C/c2ccc3ccccc3n2)ccc1O. The number of phenolic OH excluding ortho intramolecular Hbond substituents is 1. The van der Waals surface area contributed by atoms with E-state index in [-0.39, 0.29) is 12.4 Å². The summed E-state index contributed by atoms with van der Waals surface area (Å²) < 4.78 is 0. The van der Waals surface area contributed by atoms with Gasteiger partial charge in [0, 0.05) is 10.9 Å². The first-order valence-corrected chi connectivity index (χ1v) is 6.88. The molecule has 0 unspecified atom stereocenters. The minimum atomic E-state index is -0.0538. The molecular formula is C18H15NO3. The summed E-state index contributed by atoms with van der Waals surface area (Å²) in [7, 11) is 0. The first kappa shape index (κ1) is 14.3. The molecule has 3 aromatic rings. The zero-order valence-electron chi connectivity index (χ0n) is 11.8. The van der Waals surface area contributed by atoms with Crippen molar-refractivity contribution in [1.82, 2.24) is 4.98 Å². The number of fused-ring (bicyclic) bond motifs is 1. The van der Waals surface area contributed by atoms with Crippen LogP contribution < -0.4 is 0 Å². The maximum Gasteiger partial charge on any atom is 0.121 e. The van der Waals surface area contributed by atoms with E-state index in [1.54, 1.807) is 18.2 Å². The van der Waals surface area contributed by atoms with Gasteiger partial charge in [-0.2, -0.15) is 0 Å². The number of aromatic hydroxyl groups is 1. The quantitative estimate of drug-likeness (QED) is 0.561. The van der Waals surface area contributed by atoms with Crippen molar-refractivity contribution in [2.75, 3.05) is 0 Å². The van der Waals surface area contributed by atoms with Gasteiger partial charge in [0.15, 0.2) is 0 Å². The van der Waals surface area contributed by atoms with Crippen molar-refractivity contribution in [1.29, 1.82) is 0 Å². The Bertz CT molecular complexity index is 827. The van der Waals surface area contributed by atoms with Gasteiger partial charge in [0.25, 0.3) is 0 Å². The normalized spacial score (nSPS) is 11.3. The Kier molecular flexibility index (Phi) is 4.14. The van der Waals surface area contributed by atoms with Crippen LogP contribution in [0.25, 0.3) is 23.1 Å². The van der Waals surface area contributed by atoms with Crippen molar-refractivity contribution >= 4 is 23.1 Å². The molecule has 0 atom stereocenters. The molecule has 0 bridgehead atoms. The lowest BCUT2D eigenvalue weighted by Gasteiger charge is -2.03. The van der Waals surface area contributed by atoms with Gasteiger partial charge in [0.1, 0.15) is 12.4 Å². The number of hydrogen-bond acceptors (Lipinski definition) is 4. The van der Waals surface area contributed by atoms with E-state index in [0.29, 0.717) is 5.56 Å². The maximum atomic E-state index is 9.64. The second kappa shape index (κ2) is 6.39. The highest BCUT2D eigenvalue weighted by Gasteiger charge is 2.02. The fourth-order valence-electron chi connectivity index (χ4n) is 2.25. The third kappa shape index (κ3) is 3.14. The standard InChI is InChI=1S/C18H15NO3/c20-18-10-6-13(11-15(18)12-22-21)5-8-16-9-7-14-3-1-2-4-17(14)19-16/h1-11,20-21H,12H2/b8-5+. The Hall–Kier alpha value is -2.69. The molecule has 110 valence electrons. The van der Waals surface area contributed by atoms with Crippen LogP contribution in [-0.2, 0) is 11.5 Å². The van der Waals surface area contributed by atoms with Crippen LogP contribution in [0.1, 0.15) is 16.8 Å². The number of rotatable bonds is 4. The highest BCUT2D eigenvalue weighted by atomic mass is 17.1. The van der Waals surface area contributed by atoms with Gasteiger partial charge in [-0.05, 0) is 35.9 Å². The number of hydrogen-bond donors (Lipinski definition) is 2. The molecule has 1 aromatic heterocycles.